The molecule has 2 aromatic rings. The van der Waals surface area contributed by atoms with Crippen LogP contribution in [0.15, 0.2) is 36.4 Å². The zero-order valence-corrected chi connectivity index (χ0v) is 11.8. The third kappa shape index (κ3) is 3.62. The number of carbonyl (C=O) groups excluding carboxylic acids is 1. The quantitative estimate of drug-likeness (QED) is 0.879. The molecule has 1 unspecified atom stereocenters. The van der Waals surface area contributed by atoms with Gasteiger partial charge in [0.2, 0.25) is 0 Å². The lowest BCUT2D eigenvalue weighted by atomic mass is 10.1. The molecule has 0 aliphatic rings. The fraction of sp³-hybridized carbons (Fsp3) is 0.286. The van der Waals surface area contributed by atoms with Gasteiger partial charge in [-0.25, -0.2) is 0 Å². The fourth-order valence-corrected chi connectivity index (χ4v) is 2.24. The minimum absolute atomic E-state index is 0.0678. The summed E-state index contributed by atoms with van der Waals surface area (Å²) in [6, 6.07) is 11.9. The molecule has 2 N–H and O–H groups in total. The van der Waals surface area contributed by atoms with Crippen LogP contribution in [-0.2, 0) is 0 Å². The zero-order valence-electron chi connectivity index (χ0n) is 11.0. The van der Waals surface area contributed by atoms with Crippen LogP contribution in [0.1, 0.15) is 16.6 Å². The van der Waals surface area contributed by atoms with E-state index in [4.69, 9.17) is 0 Å². The second-order valence-electron chi connectivity index (χ2n) is 4.34. The molecule has 1 heterocycles. The molecule has 0 saturated heterocycles. The summed E-state index contributed by atoms with van der Waals surface area (Å²) in [5, 5.41) is 5.96. The molecule has 4 nitrogen and oxygen atoms in total. The maximum atomic E-state index is 11.9. The Labute approximate surface area is 117 Å². The number of hydrogen-bond acceptors (Lipinski definition) is 4. The van der Waals surface area contributed by atoms with Crippen molar-refractivity contribution in [1.29, 1.82) is 0 Å². The summed E-state index contributed by atoms with van der Waals surface area (Å²) in [6.07, 6.45) is 0. The molecule has 1 atom stereocenters. The van der Waals surface area contributed by atoms with E-state index in [-0.39, 0.29) is 11.9 Å². The molecule has 0 aliphatic heterocycles. The third-order valence-electron chi connectivity index (χ3n) is 2.87. The first-order chi connectivity index (χ1) is 9.20. The molecule has 0 fully saturated rings. The van der Waals surface area contributed by atoms with E-state index in [9.17, 15) is 4.79 Å². The van der Waals surface area contributed by atoms with E-state index in [0.29, 0.717) is 11.4 Å². The van der Waals surface area contributed by atoms with E-state index in [1.54, 1.807) is 0 Å². The summed E-state index contributed by atoms with van der Waals surface area (Å²) in [5.41, 5.74) is 1.87. The van der Waals surface area contributed by atoms with Gasteiger partial charge in [-0.2, -0.15) is 4.37 Å². The molecule has 2 rings (SSSR count). The predicted molar refractivity (Wildman–Crippen MR) is 78.4 cm³/mol. The maximum Gasteiger partial charge on any atom is 0.263 e. The second kappa shape index (κ2) is 6.45. The molecule has 19 heavy (non-hydrogen) atoms. The molecule has 1 aromatic heterocycles. The lowest BCUT2D eigenvalue weighted by Crippen LogP contribution is -2.36. The lowest BCUT2D eigenvalue weighted by Gasteiger charge is -2.10. The largest absolute Gasteiger partial charge is 0.350 e. The molecule has 5 heteroatoms. The molecule has 0 saturated carbocycles. The molecule has 0 aliphatic carbocycles. The average molecular weight is 275 g/mol. The van der Waals surface area contributed by atoms with Crippen molar-refractivity contribution >= 4 is 17.4 Å². The Bertz CT molecular complexity index is 539. The number of aromatic nitrogens is 1. The van der Waals surface area contributed by atoms with Gasteiger partial charge in [0.05, 0.1) is 5.69 Å². The fourth-order valence-electron chi connectivity index (χ4n) is 1.56. The highest BCUT2D eigenvalue weighted by Gasteiger charge is 2.11. The Morgan fingerprint density at radius 2 is 2.11 bits per heavy atom. The molecular weight excluding hydrogens is 258 g/mol. The van der Waals surface area contributed by atoms with E-state index < -0.39 is 0 Å². The smallest absolute Gasteiger partial charge is 0.263 e. The van der Waals surface area contributed by atoms with Crippen molar-refractivity contribution in [2.75, 3.05) is 13.6 Å². The van der Waals surface area contributed by atoms with E-state index in [1.165, 1.54) is 11.5 Å². The van der Waals surface area contributed by atoms with Gasteiger partial charge < -0.3 is 10.6 Å². The summed E-state index contributed by atoms with van der Waals surface area (Å²) in [6.45, 7) is 2.62. The van der Waals surface area contributed by atoms with Crippen molar-refractivity contribution in [2.24, 2.45) is 0 Å². The molecule has 0 bridgehead atoms. The van der Waals surface area contributed by atoms with Gasteiger partial charge in [-0.05, 0) is 31.6 Å². The minimum Gasteiger partial charge on any atom is -0.350 e. The van der Waals surface area contributed by atoms with E-state index >= 15 is 0 Å². The number of rotatable bonds is 5. The lowest BCUT2D eigenvalue weighted by molar-refractivity contribution is 0.0954. The Morgan fingerprint density at radius 1 is 1.37 bits per heavy atom. The Balaban J connectivity index is 2.03. The van der Waals surface area contributed by atoms with Gasteiger partial charge >= 0.3 is 0 Å². The van der Waals surface area contributed by atoms with Crippen molar-refractivity contribution in [3.05, 3.63) is 41.3 Å². The highest BCUT2D eigenvalue weighted by Crippen LogP contribution is 2.21. The maximum absolute atomic E-state index is 11.9. The van der Waals surface area contributed by atoms with Crippen LogP contribution in [0, 0.1) is 0 Å². The van der Waals surface area contributed by atoms with Crippen molar-refractivity contribution in [1.82, 2.24) is 15.0 Å². The van der Waals surface area contributed by atoms with Crippen LogP contribution in [0.5, 0.6) is 0 Å². The normalized spacial score (nSPS) is 12.1. The molecular formula is C14H17N3OS. The standard InChI is InChI=1S/C14H17N3OS/c1-10(15-2)9-16-14(18)13-8-12(17-19-13)11-6-4-3-5-7-11/h3-8,10,15H,9H2,1-2H3,(H,16,18). The first kappa shape index (κ1) is 13.7. The third-order valence-corrected chi connectivity index (χ3v) is 3.65. The van der Waals surface area contributed by atoms with Gasteiger partial charge in [0.1, 0.15) is 4.88 Å². The van der Waals surface area contributed by atoms with Gasteiger partial charge in [0.25, 0.3) is 5.91 Å². The van der Waals surface area contributed by atoms with Crippen LogP contribution in [0.2, 0.25) is 0 Å². The molecule has 1 amide bonds. The van der Waals surface area contributed by atoms with Crippen LogP contribution in [0.25, 0.3) is 11.3 Å². The number of amides is 1. The summed E-state index contributed by atoms with van der Waals surface area (Å²) in [5.74, 6) is -0.0678. The highest BCUT2D eigenvalue weighted by molar-refractivity contribution is 7.08. The second-order valence-corrected chi connectivity index (χ2v) is 5.15. The molecule has 100 valence electrons. The molecule has 0 radical (unpaired) electrons. The molecule has 1 aromatic carbocycles. The van der Waals surface area contributed by atoms with E-state index in [1.807, 2.05) is 50.4 Å². The van der Waals surface area contributed by atoms with Gasteiger partial charge in [0.15, 0.2) is 0 Å². The monoisotopic (exact) mass is 275 g/mol. The van der Waals surface area contributed by atoms with Crippen molar-refractivity contribution in [3.8, 4) is 11.3 Å². The van der Waals surface area contributed by atoms with Crippen molar-refractivity contribution in [3.63, 3.8) is 0 Å². The van der Waals surface area contributed by atoms with Gasteiger partial charge in [-0.1, -0.05) is 30.3 Å². The highest BCUT2D eigenvalue weighted by atomic mass is 32.1. The molecule has 0 spiro atoms. The van der Waals surface area contributed by atoms with Crippen molar-refractivity contribution < 1.29 is 4.79 Å². The summed E-state index contributed by atoms with van der Waals surface area (Å²) in [4.78, 5) is 12.6. The number of nitrogens with zero attached hydrogens (tertiary/aromatic N) is 1. The van der Waals surface area contributed by atoms with Crippen LogP contribution < -0.4 is 10.6 Å². The number of hydrogen-bond donors (Lipinski definition) is 2. The first-order valence-corrected chi connectivity index (χ1v) is 6.95. The Morgan fingerprint density at radius 3 is 2.79 bits per heavy atom. The first-order valence-electron chi connectivity index (χ1n) is 6.18. The summed E-state index contributed by atoms with van der Waals surface area (Å²) >= 11 is 1.23. The SMILES string of the molecule is CNC(C)CNC(=O)c1cc(-c2ccccc2)ns1. The van der Waals surface area contributed by atoms with E-state index in [0.717, 1.165) is 11.3 Å². The number of benzene rings is 1. The van der Waals surface area contributed by atoms with Gasteiger partial charge in [-0.3, -0.25) is 4.79 Å². The number of carbonyl (C=O) groups is 1. The minimum atomic E-state index is -0.0678. The Kier molecular flexibility index (Phi) is 4.65. The van der Waals surface area contributed by atoms with Crippen LogP contribution in [0.3, 0.4) is 0 Å². The van der Waals surface area contributed by atoms with Crippen molar-refractivity contribution in [2.45, 2.75) is 13.0 Å². The number of nitrogens with one attached hydrogen (secondary N) is 2. The number of likely N-dealkylation sites (N-methyl/N-ethyl adjacent to an activating group) is 1. The summed E-state index contributed by atoms with van der Waals surface area (Å²) < 4.78 is 4.32. The Hall–Kier alpha value is -1.72. The topological polar surface area (TPSA) is 54.0 Å². The van der Waals surface area contributed by atoms with Crippen LogP contribution in [-0.4, -0.2) is 29.9 Å². The van der Waals surface area contributed by atoms with Gasteiger partial charge in [0, 0.05) is 18.2 Å². The van der Waals surface area contributed by atoms with E-state index in [2.05, 4.69) is 15.0 Å². The summed E-state index contributed by atoms with van der Waals surface area (Å²) in [7, 11) is 1.87. The predicted octanol–water partition coefficient (Wildman–Crippen LogP) is 2.15. The average Bonchev–Trinajstić information content (AvgIpc) is 2.95. The van der Waals surface area contributed by atoms with Crippen LogP contribution in [0.4, 0.5) is 0 Å². The zero-order chi connectivity index (χ0) is 13.7. The van der Waals surface area contributed by atoms with Crippen LogP contribution >= 0.6 is 11.5 Å². The van der Waals surface area contributed by atoms with Gasteiger partial charge in [-0.15, -0.1) is 0 Å².